The second-order valence-electron chi connectivity index (χ2n) is 4.85. The van der Waals surface area contributed by atoms with E-state index in [1.165, 1.54) is 11.5 Å². The zero-order valence-electron chi connectivity index (χ0n) is 11.8. The predicted octanol–water partition coefficient (Wildman–Crippen LogP) is 4.02. The lowest BCUT2D eigenvalue weighted by molar-refractivity contribution is 0.857. The van der Waals surface area contributed by atoms with Gasteiger partial charge in [-0.3, -0.25) is 4.79 Å². The van der Waals surface area contributed by atoms with E-state index in [2.05, 4.69) is 5.43 Å². The monoisotopic (exact) mass is 330 g/mol. The minimum Gasteiger partial charge on any atom is -0.313 e. The van der Waals surface area contributed by atoms with E-state index in [4.69, 9.17) is 11.6 Å². The summed E-state index contributed by atoms with van der Waals surface area (Å²) in [5.74, 6) is 0. The molecule has 0 aliphatic heterocycles. The van der Waals surface area contributed by atoms with Crippen molar-refractivity contribution in [2.45, 2.75) is 6.42 Å². The Balaban J connectivity index is 1.68. The van der Waals surface area contributed by atoms with E-state index in [9.17, 15) is 4.79 Å². The predicted molar refractivity (Wildman–Crippen MR) is 93.4 cm³/mol. The molecule has 3 aromatic rings. The van der Waals surface area contributed by atoms with Crippen LogP contribution in [0.15, 0.2) is 65.5 Å². The highest BCUT2D eigenvalue weighted by molar-refractivity contribution is 7.10. The third-order valence-corrected chi connectivity index (χ3v) is 4.72. The van der Waals surface area contributed by atoms with Crippen LogP contribution in [-0.4, -0.2) is 10.6 Å². The number of benzene rings is 2. The van der Waals surface area contributed by atoms with Crippen molar-refractivity contribution in [2.75, 3.05) is 12.0 Å². The van der Waals surface area contributed by atoms with Crippen molar-refractivity contribution >= 4 is 23.1 Å². The lowest BCUT2D eigenvalue weighted by atomic mass is 10.1. The molecule has 0 fully saturated rings. The van der Waals surface area contributed by atoms with Crippen molar-refractivity contribution in [3.8, 4) is 10.4 Å². The zero-order valence-corrected chi connectivity index (χ0v) is 13.4. The first-order chi connectivity index (χ1) is 10.7. The van der Waals surface area contributed by atoms with Crippen LogP contribution in [0.4, 0.5) is 0 Å². The number of aromatic nitrogens is 1. The summed E-state index contributed by atoms with van der Waals surface area (Å²) in [6.45, 7) is 0.651. The van der Waals surface area contributed by atoms with Crippen LogP contribution in [0.25, 0.3) is 10.4 Å². The molecule has 3 nitrogen and oxygen atoms in total. The van der Waals surface area contributed by atoms with Gasteiger partial charge in [0, 0.05) is 17.6 Å². The Hall–Kier alpha value is -2.04. The maximum absolute atomic E-state index is 12.0. The Kier molecular flexibility index (Phi) is 4.61. The Morgan fingerprint density at radius 2 is 1.77 bits per heavy atom. The second-order valence-corrected chi connectivity index (χ2v) is 6.24. The van der Waals surface area contributed by atoms with Crippen LogP contribution in [0.1, 0.15) is 5.56 Å². The molecule has 112 valence electrons. The molecule has 0 unspecified atom stereocenters. The molecule has 0 aliphatic rings. The van der Waals surface area contributed by atoms with Crippen LogP contribution in [-0.2, 0) is 6.42 Å². The molecule has 3 rings (SSSR count). The van der Waals surface area contributed by atoms with E-state index in [1.54, 1.807) is 10.1 Å². The molecule has 0 radical (unpaired) electrons. The standard InChI is InChI=1S/C17H15ClN2OS/c18-15-9-5-4-6-13(15)10-11-19-20-17(21)12-16(22-20)14-7-2-1-3-8-14/h1-9,12,19H,10-11H2. The minimum atomic E-state index is -0.0389. The van der Waals surface area contributed by atoms with Gasteiger partial charge in [0.05, 0.1) is 4.88 Å². The normalized spacial score (nSPS) is 10.6. The summed E-state index contributed by atoms with van der Waals surface area (Å²) in [6.07, 6.45) is 0.769. The lowest BCUT2D eigenvalue weighted by Crippen LogP contribution is -2.24. The summed E-state index contributed by atoms with van der Waals surface area (Å²) >= 11 is 7.54. The fraction of sp³-hybridized carbons (Fsp3) is 0.118. The van der Waals surface area contributed by atoms with Gasteiger partial charge in [0.15, 0.2) is 0 Å². The summed E-state index contributed by atoms with van der Waals surface area (Å²) in [4.78, 5) is 13.0. The van der Waals surface area contributed by atoms with E-state index in [0.29, 0.717) is 6.54 Å². The first-order valence-corrected chi connectivity index (χ1v) is 8.15. The van der Waals surface area contributed by atoms with Gasteiger partial charge in [-0.05, 0) is 35.1 Å². The highest BCUT2D eigenvalue weighted by Gasteiger charge is 2.06. The molecular weight excluding hydrogens is 316 g/mol. The average Bonchev–Trinajstić information content (AvgIpc) is 2.91. The largest absolute Gasteiger partial charge is 0.313 e. The molecule has 1 aromatic heterocycles. The number of rotatable bonds is 5. The van der Waals surface area contributed by atoms with Crippen molar-refractivity contribution in [3.63, 3.8) is 0 Å². The van der Waals surface area contributed by atoms with Gasteiger partial charge in [-0.1, -0.05) is 60.1 Å². The van der Waals surface area contributed by atoms with Crippen molar-refractivity contribution < 1.29 is 0 Å². The van der Waals surface area contributed by atoms with Crippen LogP contribution < -0.4 is 11.0 Å². The van der Waals surface area contributed by atoms with Gasteiger partial charge in [0.1, 0.15) is 0 Å². The van der Waals surface area contributed by atoms with Crippen molar-refractivity contribution in [3.05, 3.63) is 81.6 Å². The summed E-state index contributed by atoms with van der Waals surface area (Å²) in [7, 11) is 0. The quantitative estimate of drug-likeness (QED) is 0.766. The van der Waals surface area contributed by atoms with Gasteiger partial charge in [0.2, 0.25) is 0 Å². The van der Waals surface area contributed by atoms with E-state index < -0.39 is 0 Å². The second kappa shape index (κ2) is 6.81. The summed E-state index contributed by atoms with van der Waals surface area (Å²) in [6, 6.07) is 19.3. The highest BCUT2D eigenvalue weighted by atomic mass is 35.5. The van der Waals surface area contributed by atoms with Crippen LogP contribution in [0, 0.1) is 0 Å². The SMILES string of the molecule is O=c1cc(-c2ccccc2)sn1NCCc1ccccc1Cl. The van der Waals surface area contributed by atoms with Crippen LogP contribution in [0.5, 0.6) is 0 Å². The first kappa shape index (κ1) is 14.9. The Morgan fingerprint density at radius 1 is 1.05 bits per heavy atom. The Morgan fingerprint density at radius 3 is 2.55 bits per heavy atom. The number of hydrogen-bond donors (Lipinski definition) is 1. The molecule has 0 aliphatic carbocycles. The van der Waals surface area contributed by atoms with E-state index in [1.807, 2.05) is 54.6 Å². The molecule has 0 spiro atoms. The summed E-state index contributed by atoms with van der Waals surface area (Å²) < 4.78 is 1.57. The van der Waals surface area contributed by atoms with Crippen LogP contribution in [0.3, 0.4) is 0 Å². The third kappa shape index (κ3) is 3.40. The van der Waals surface area contributed by atoms with Gasteiger partial charge in [-0.25, -0.2) is 0 Å². The zero-order chi connectivity index (χ0) is 15.4. The van der Waals surface area contributed by atoms with Crippen LogP contribution >= 0.6 is 23.1 Å². The molecule has 0 atom stereocenters. The first-order valence-electron chi connectivity index (χ1n) is 7.00. The number of hydrogen-bond acceptors (Lipinski definition) is 3. The maximum Gasteiger partial charge on any atom is 0.280 e. The fourth-order valence-electron chi connectivity index (χ4n) is 2.18. The van der Waals surface area contributed by atoms with Gasteiger partial charge < -0.3 is 5.43 Å². The molecule has 22 heavy (non-hydrogen) atoms. The number of halogens is 1. The topological polar surface area (TPSA) is 34.0 Å². The molecule has 0 saturated heterocycles. The molecule has 0 amide bonds. The average molecular weight is 331 g/mol. The lowest BCUT2D eigenvalue weighted by Gasteiger charge is -2.06. The fourth-order valence-corrected chi connectivity index (χ4v) is 3.30. The van der Waals surface area contributed by atoms with Crippen molar-refractivity contribution in [1.29, 1.82) is 0 Å². The van der Waals surface area contributed by atoms with E-state index in [-0.39, 0.29) is 5.56 Å². The molecule has 2 aromatic carbocycles. The molecule has 5 heteroatoms. The Bertz CT molecular complexity index is 811. The molecule has 0 bridgehead atoms. The van der Waals surface area contributed by atoms with Gasteiger partial charge in [0.25, 0.3) is 5.56 Å². The number of nitrogens with one attached hydrogen (secondary N) is 1. The minimum absolute atomic E-state index is 0.0389. The van der Waals surface area contributed by atoms with E-state index in [0.717, 1.165) is 27.4 Å². The van der Waals surface area contributed by atoms with Gasteiger partial charge in [-0.15, -0.1) is 0 Å². The summed E-state index contributed by atoms with van der Waals surface area (Å²) in [5.41, 5.74) is 5.23. The maximum atomic E-state index is 12.0. The van der Waals surface area contributed by atoms with Gasteiger partial charge in [-0.2, -0.15) is 4.07 Å². The smallest absolute Gasteiger partial charge is 0.280 e. The highest BCUT2D eigenvalue weighted by Crippen LogP contribution is 2.21. The van der Waals surface area contributed by atoms with E-state index >= 15 is 0 Å². The number of nitrogens with zero attached hydrogens (tertiary/aromatic N) is 1. The molecular formula is C17H15ClN2OS. The van der Waals surface area contributed by atoms with Crippen molar-refractivity contribution in [1.82, 2.24) is 4.07 Å². The van der Waals surface area contributed by atoms with Crippen LogP contribution in [0.2, 0.25) is 5.02 Å². The Labute approximate surface area is 137 Å². The summed E-state index contributed by atoms with van der Waals surface area (Å²) in [5, 5.41) is 0.757. The van der Waals surface area contributed by atoms with Gasteiger partial charge >= 0.3 is 0 Å². The molecule has 0 saturated carbocycles. The van der Waals surface area contributed by atoms with Crippen molar-refractivity contribution in [2.24, 2.45) is 0 Å². The molecule has 1 heterocycles. The molecule has 1 N–H and O–H groups in total. The third-order valence-electron chi connectivity index (χ3n) is 3.31.